The molecule has 4 aliphatic heterocycles. The first-order valence-corrected chi connectivity index (χ1v) is 21.6. The Bertz CT molecular complexity index is 456. The van der Waals surface area contributed by atoms with Crippen LogP contribution in [0.2, 0.25) is 0 Å². The maximum absolute atomic E-state index is 2.38. The predicted molar refractivity (Wildman–Crippen MR) is 167 cm³/mol. The molecule has 0 saturated carbocycles. The van der Waals surface area contributed by atoms with E-state index in [9.17, 15) is 0 Å². The quantitative estimate of drug-likeness (QED) is 0.107. The minimum atomic E-state index is 0.479. The third kappa shape index (κ3) is 11.5. The number of thioether (sulfide) groups is 10. The van der Waals surface area contributed by atoms with Gasteiger partial charge in [0.05, 0.1) is 4.58 Å². The molecule has 30 heavy (non-hydrogen) atoms. The minimum absolute atomic E-state index is 0.479. The Balaban J connectivity index is 1.23. The predicted octanol–water partition coefficient (Wildman–Crippen LogP) is 6.93. The van der Waals surface area contributed by atoms with Gasteiger partial charge in [0.1, 0.15) is 0 Å². The molecule has 0 aromatic carbocycles. The average Bonchev–Trinajstić information content (AvgIpc) is 3.53. The van der Waals surface area contributed by atoms with Gasteiger partial charge < -0.3 is 0 Å². The molecule has 0 aromatic heterocycles. The minimum Gasteiger partial charge on any atom is -0.159 e. The van der Waals surface area contributed by atoms with Crippen LogP contribution in [0.1, 0.15) is 6.92 Å². The average molecular weight is 595 g/mol. The van der Waals surface area contributed by atoms with Gasteiger partial charge in [-0.3, -0.25) is 0 Å². The summed E-state index contributed by atoms with van der Waals surface area (Å²) in [5.41, 5.74) is 0. The molecular formula is C20H34S10. The fraction of sp³-hybridized carbons (Fsp3) is 1.00. The highest BCUT2D eigenvalue weighted by molar-refractivity contribution is 8.19. The smallest absolute Gasteiger partial charge is 0.0593 e. The first-order valence-electron chi connectivity index (χ1n) is 10.8. The van der Waals surface area contributed by atoms with Crippen LogP contribution in [0, 0.1) is 0 Å². The maximum Gasteiger partial charge on any atom is 0.0593 e. The summed E-state index contributed by atoms with van der Waals surface area (Å²) < 4.78 is 1.29. The molecule has 4 rings (SSSR count). The molecule has 4 heterocycles. The van der Waals surface area contributed by atoms with Crippen molar-refractivity contribution in [1.29, 1.82) is 0 Å². The summed E-state index contributed by atoms with van der Waals surface area (Å²) in [5.74, 6) is 17.9. The summed E-state index contributed by atoms with van der Waals surface area (Å²) in [4.78, 5) is 0. The van der Waals surface area contributed by atoms with Crippen molar-refractivity contribution in [3.05, 3.63) is 0 Å². The van der Waals surface area contributed by atoms with Crippen molar-refractivity contribution in [2.75, 3.05) is 74.8 Å². The Kier molecular flexibility index (Phi) is 12.7. The van der Waals surface area contributed by atoms with Gasteiger partial charge in [0.15, 0.2) is 0 Å². The molecule has 4 unspecified atom stereocenters. The lowest BCUT2D eigenvalue weighted by Crippen LogP contribution is -2.36. The van der Waals surface area contributed by atoms with Crippen LogP contribution in [0.15, 0.2) is 0 Å². The molecule has 0 spiro atoms. The van der Waals surface area contributed by atoms with E-state index in [2.05, 4.69) is 125 Å². The fourth-order valence-corrected chi connectivity index (χ4v) is 16.2. The van der Waals surface area contributed by atoms with Gasteiger partial charge in [0, 0.05) is 94.8 Å². The number of hydrogen-bond donors (Lipinski definition) is 0. The lowest BCUT2D eigenvalue weighted by Gasteiger charge is -2.33. The topological polar surface area (TPSA) is 0 Å². The lowest BCUT2D eigenvalue weighted by molar-refractivity contribution is 0.843. The summed E-state index contributed by atoms with van der Waals surface area (Å²) >= 11 is 22.3. The van der Waals surface area contributed by atoms with Gasteiger partial charge in [-0.1, -0.05) is 6.92 Å². The van der Waals surface area contributed by atoms with E-state index in [0.717, 1.165) is 25.6 Å². The van der Waals surface area contributed by atoms with E-state index in [-0.39, 0.29) is 0 Å². The summed E-state index contributed by atoms with van der Waals surface area (Å²) in [5, 5.41) is 3.89. The second kappa shape index (κ2) is 14.3. The van der Waals surface area contributed by atoms with Gasteiger partial charge in [-0.2, -0.15) is 94.1 Å². The van der Waals surface area contributed by atoms with E-state index in [4.69, 9.17) is 0 Å². The second-order valence-electron chi connectivity index (χ2n) is 8.08. The molecule has 0 nitrogen and oxygen atoms in total. The lowest BCUT2D eigenvalue weighted by atomic mass is 10.2. The van der Waals surface area contributed by atoms with Crippen LogP contribution >= 0.6 is 118 Å². The zero-order valence-electron chi connectivity index (χ0n) is 17.7. The number of hydrogen-bond acceptors (Lipinski definition) is 10. The van der Waals surface area contributed by atoms with E-state index in [1.54, 1.807) is 0 Å². The van der Waals surface area contributed by atoms with Gasteiger partial charge in [0.2, 0.25) is 0 Å². The van der Waals surface area contributed by atoms with E-state index in [0.29, 0.717) is 4.75 Å². The zero-order chi connectivity index (χ0) is 20.7. The van der Waals surface area contributed by atoms with Crippen molar-refractivity contribution >= 4 is 118 Å². The van der Waals surface area contributed by atoms with Crippen molar-refractivity contribution in [3.8, 4) is 0 Å². The Hall–Kier alpha value is 3.50. The Labute approximate surface area is 227 Å². The largest absolute Gasteiger partial charge is 0.159 e. The van der Waals surface area contributed by atoms with Crippen LogP contribution in [0.4, 0.5) is 0 Å². The molecule has 174 valence electrons. The van der Waals surface area contributed by atoms with Gasteiger partial charge in [-0.15, -0.1) is 23.5 Å². The Morgan fingerprint density at radius 1 is 0.700 bits per heavy atom. The highest BCUT2D eigenvalue weighted by atomic mass is 32.2. The van der Waals surface area contributed by atoms with Crippen LogP contribution in [0.5, 0.6) is 0 Å². The molecule has 0 radical (unpaired) electrons. The van der Waals surface area contributed by atoms with Gasteiger partial charge >= 0.3 is 0 Å². The van der Waals surface area contributed by atoms with Crippen LogP contribution < -0.4 is 0 Å². The molecule has 4 saturated heterocycles. The highest BCUT2D eigenvalue weighted by Crippen LogP contribution is 2.43. The Morgan fingerprint density at radius 3 is 1.57 bits per heavy atom. The third-order valence-electron chi connectivity index (χ3n) is 4.95. The second-order valence-corrected chi connectivity index (χ2v) is 21.0. The maximum atomic E-state index is 2.38. The fourth-order valence-electron chi connectivity index (χ4n) is 2.88. The van der Waals surface area contributed by atoms with Crippen LogP contribution in [0.3, 0.4) is 0 Å². The van der Waals surface area contributed by atoms with E-state index in [1.165, 1.54) is 74.8 Å². The Morgan fingerprint density at radius 2 is 1.13 bits per heavy atom. The number of rotatable bonds is 20. The van der Waals surface area contributed by atoms with E-state index >= 15 is 0 Å². The first kappa shape index (κ1) is 26.6. The molecule has 0 N–H and O–H groups in total. The summed E-state index contributed by atoms with van der Waals surface area (Å²) in [7, 11) is 0. The van der Waals surface area contributed by atoms with Gasteiger partial charge in [-0.25, -0.2) is 0 Å². The zero-order valence-corrected chi connectivity index (χ0v) is 25.8. The van der Waals surface area contributed by atoms with Crippen LogP contribution in [0.25, 0.3) is 0 Å². The molecule has 10 heteroatoms. The van der Waals surface area contributed by atoms with Crippen molar-refractivity contribution in [1.82, 2.24) is 0 Å². The molecule has 0 amide bonds. The van der Waals surface area contributed by atoms with Crippen molar-refractivity contribution < 1.29 is 0 Å². The van der Waals surface area contributed by atoms with Gasteiger partial charge in [-0.05, 0) is 5.75 Å². The molecule has 4 fully saturated rings. The normalized spacial score (nSPS) is 31.9. The van der Waals surface area contributed by atoms with Crippen molar-refractivity contribution in [3.63, 3.8) is 0 Å². The summed E-state index contributed by atoms with van der Waals surface area (Å²) in [6.45, 7) is 2.38. The summed E-state index contributed by atoms with van der Waals surface area (Å²) in [6, 6.07) is 0. The van der Waals surface area contributed by atoms with E-state index in [1.807, 2.05) is 0 Å². The first-order chi connectivity index (χ1) is 14.7. The van der Waals surface area contributed by atoms with E-state index < -0.39 is 0 Å². The molecule has 4 atom stereocenters. The third-order valence-corrected chi connectivity index (χ3v) is 19.2. The van der Waals surface area contributed by atoms with Gasteiger partial charge in [0.25, 0.3) is 0 Å². The molecule has 0 aromatic rings. The van der Waals surface area contributed by atoms with Crippen molar-refractivity contribution in [2.45, 2.75) is 37.3 Å². The molecule has 4 aliphatic rings. The molecular weight excluding hydrogens is 561 g/mol. The monoisotopic (exact) mass is 594 g/mol. The van der Waals surface area contributed by atoms with Crippen molar-refractivity contribution in [2.24, 2.45) is 0 Å². The SMILES string of the molecule is CCSC(CSCC1CS1)(CSCC1CS1)CSCC(SCC1CS1)SCC1CS1. The van der Waals surface area contributed by atoms with Crippen LogP contribution in [-0.2, 0) is 0 Å². The molecule has 0 aliphatic carbocycles. The van der Waals surface area contributed by atoms with Crippen LogP contribution in [-0.4, -0.2) is 105 Å². The molecule has 0 bridgehead atoms. The summed E-state index contributed by atoms with van der Waals surface area (Å²) in [6.07, 6.45) is 0. The standard InChI is InChI=1S/C20H34S10/c1-2-30-20(12-21-3-15-5-24-15,13-22-4-16-6-25-16)14-23-11-19(28-9-17-7-26-17)29-10-18-8-27-18/h15-19H,2-14H2,1H3. The highest BCUT2D eigenvalue weighted by Gasteiger charge is 2.34.